The van der Waals surface area contributed by atoms with E-state index in [0.29, 0.717) is 37.6 Å². The second-order valence-corrected chi connectivity index (χ2v) is 12.1. The van der Waals surface area contributed by atoms with Crippen LogP contribution in [-0.4, -0.2) is 70.7 Å². The first kappa shape index (κ1) is 34.2. The quantitative estimate of drug-likeness (QED) is 0.209. The molecule has 0 radical (unpaired) electrons. The van der Waals surface area contributed by atoms with Gasteiger partial charge in [0.05, 0.1) is 0 Å². The molecule has 0 spiro atoms. The molecule has 1 aliphatic heterocycles. The van der Waals surface area contributed by atoms with Crippen LogP contribution in [0.1, 0.15) is 121 Å². The number of ether oxygens (including phenoxy) is 2. The number of thiazole rings is 1. The lowest BCUT2D eigenvalue weighted by Crippen LogP contribution is -2.57. The van der Waals surface area contributed by atoms with E-state index in [1.807, 2.05) is 25.7 Å². The fraction of sp³-hybridized carbons (Fsp3) is 0.800. The number of carboxylic acid groups (broad SMARTS) is 1. The average molecular weight is 582 g/mol. The molecule has 5 atom stereocenters. The molecule has 1 unspecified atom stereocenters. The molecule has 0 saturated carbocycles. The number of nitrogens with one attached hydrogen (secondary N) is 1. The molecule has 2 rings (SSSR count). The first-order valence-corrected chi connectivity index (χ1v) is 16.0. The fourth-order valence-electron chi connectivity index (χ4n) is 5.16. The molecule has 40 heavy (non-hydrogen) atoms. The number of amides is 2. The number of carbonyl (C=O) groups is 3. The molecular formula is C30H51N3O6S. The van der Waals surface area contributed by atoms with Gasteiger partial charge in [0.1, 0.15) is 23.3 Å². The number of nitrogens with zero attached hydrogens (tertiary/aromatic N) is 2. The zero-order chi connectivity index (χ0) is 29.7. The minimum absolute atomic E-state index is 0.00257. The maximum Gasteiger partial charge on any atom is 0.355 e. The molecule has 1 fully saturated rings. The molecule has 1 aromatic heterocycles. The van der Waals surface area contributed by atoms with Crippen LogP contribution < -0.4 is 5.32 Å². The maximum absolute atomic E-state index is 14.4. The molecule has 1 saturated heterocycles. The standard InChI is InChI=1S/C30H51N3O6S/c1-7-10-11-13-16-33(29(35)26(21(6)8-2)32-27(34)24-15-12-14-17-39-24)23(20(4)5)18-25(38-9-3)28-31-22(19-40-28)30(36)37/h19-21,23-26H,7-18H2,1-6H3,(H,32,34)(H,36,37)/t21-,23+,24?,25+,26-/m0/s1. The fourth-order valence-corrected chi connectivity index (χ4v) is 6.01. The Morgan fingerprint density at radius 2 is 1.93 bits per heavy atom. The van der Waals surface area contributed by atoms with Crippen LogP contribution in [-0.2, 0) is 19.1 Å². The Bertz CT molecular complexity index is 917. The van der Waals surface area contributed by atoms with E-state index in [0.717, 1.165) is 44.9 Å². The van der Waals surface area contributed by atoms with E-state index in [1.54, 1.807) is 0 Å². The number of hydrogen-bond donors (Lipinski definition) is 2. The van der Waals surface area contributed by atoms with Crippen molar-refractivity contribution in [3.63, 3.8) is 0 Å². The van der Waals surface area contributed by atoms with Crippen molar-refractivity contribution in [2.45, 2.75) is 124 Å². The van der Waals surface area contributed by atoms with Gasteiger partial charge in [-0.15, -0.1) is 11.3 Å². The van der Waals surface area contributed by atoms with E-state index in [9.17, 15) is 19.5 Å². The Balaban J connectivity index is 2.37. The summed E-state index contributed by atoms with van der Waals surface area (Å²) in [6.07, 6.45) is 6.93. The van der Waals surface area contributed by atoms with Gasteiger partial charge in [0, 0.05) is 37.6 Å². The van der Waals surface area contributed by atoms with Gasteiger partial charge < -0.3 is 24.8 Å². The van der Waals surface area contributed by atoms with Gasteiger partial charge >= 0.3 is 5.97 Å². The van der Waals surface area contributed by atoms with Crippen molar-refractivity contribution in [1.82, 2.24) is 15.2 Å². The van der Waals surface area contributed by atoms with Crippen LogP contribution >= 0.6 is 11.3 Å². The zero-order valence-electron chi connectivity index (χ0n) is 25.3. The van der Waals surface area contributed by atoms with Crippen molar-refractivity contribution in [1.29, 1.82) is 0 Å². The molecule has 228 valence electrons. The third kappa shape index (κ3) is 10.1. The van der Waals surface area contributed by atoms with Crippen LogP contribution in [0.5, 0.6) is 0 Å². The van der Waals surface area contributed by atoms with Crippen LogP contribution in [0.25, 0.3) is 0 Å². The van der Waals surface area contributed by atoms with E-state index in [1.165, 1.54) is 16.7 Å². The normalized spacial score (nSPS) is 18.6. The largest absolute Gasteiger partial charge is 0.476 e. The molecule has 2 N–H and O–H groups in total. The van der Waals surface area contributed by atoms with Gasteiger partial charge in [0.25, 0.3) is 0 Å². The second-order valence-electron chi connectivity index (χ2n) is 11.2. The number of aromatic carboxylic acids is 1. The monoisotopic (exact) mass is 581 g/mol. The second kappa shape index (κ2) is 17.7. The molecule has 0 aromatic carbocycles. The van der Waals surface area contributed by atoms with Crippen LogP contribution in [0.15, 0.2) is 5.38 Å². The van der Waals surface area contributed by atoms with E-state index in [4.69, 9.17) is 9.47 Å². The maximum atomic E-state index is 14.4. The molecule has 10 heteroatoms. The summed E-state index contributed by atoms with van der Waals surface area (Å²) in [5, 5.41) is 14.6. The lowest BCUT2D eigenvalue weighted by atomic mass is 9.92. The first-order chi connectivity index (χ1) is 19.1. The third-order valence-corrected chi connectivity index (χ3v) is 8.73. The summed E-state index contributed by atoms with van der Waals surface area (Å²) in [5.74, 6) is -1.30. The van der Waals surface area contributed by atoms with Crippen molar-refractivity contribution in [2.24, 2.45) is 11.8 Å². The Morgan fingerprint density at radius 3 is 2.48 bits per heavy atom. The van der Waals surface area contributed by atoms with Gasteiger partial charge in [0.15, 0.2) is 5.69 Å². The summed E-state index contributed by atoms with van der Waals surface area (Å²) in [6, 6.07) is -0.836. The van der Waals surface area contributed by atoms with Crippen molar-refractivity contribution in [3.05, 3.63) is 16.1 Å². The van der Waals surface area contributed by atoms with Gasteiger partial charge in [-0.3, -0.25) is 9.59 Å². The van der Waals surface area contributed by atoms with Crippen molar-refractivity contribution < 1.29 is 29.0 Å². The first-order valence-electron chi connectivity index (χ1n) is 15.2. The smallest absolute Gasteiger partial charge is 0.355 e. The Morgan fingerprint density at radius 1 is 1.18 bits per heavy atom. The SMILES string of the molecule is CCCCCCN(C(=O)[C@@H](NC(=O)C1CCCCO1)[C@@H](C)CC)[C@H](C[C@@H](OCC)c1nc(C(=O)O)cs1)C(C)C. The van der Waals surface area contributed by atoms with Crippen molar-refractivity contribution >= 4 is 29.1 Å². The molecular weight excluding hydrogens is 530 g/mol. The highest BCUT2D eigenvalue weighted by Gasteiger charge is 2.37. The molecule has 2 heterocycles. The van der Waals surface area contributed by atoms with Crippen LogP contribution in [0.3, 0.4) is 0 Å². The van der Waals surface area contributed by atoms with E-state index < -0.39 is 24.2 Å². The summed E-state index contributed by atoms with van der Waals surface area (Å²) >= 11 is 1.27. The summed E-state index contributed by atoms with van der Waals surface area (Å²) in [7, 11) is 0. The average Bonchev–Trinajstić information content (AvgIpc) is 3.45. The molecule has 0 bridgehead atoms. The molecule has 9 nitrogen and oxygen atoms in total. The van der Waals surface area contributed by atoms with Gasteiger partial charge in [-0.25, -0.2) is 9.78 Å². The predicted octanol–water partition coefficient (Wildman–Crippen LogP) is 5.84. The Hall–Kier alpha value is -2.04. The van der Waals surface area contributed by atoms with E-state index >= 15 is 0 Å². The summed E-state index contributed by atoms with van der Waals surface area (Å²) < 4.78 is 11.8. The number of unbranched alkanes of at least 4 members (excludes halogenated alkanes) is 3. The minimum atomic E-state index is -1.07. The lowest BCUT2D eigenvalue weighted by Gasteiger charge is -2.40. The van der Waals surface area contributed by atoms with Crippen molar-refractivity contribution in [2.75, 3.05) is 19.8 Å². The molecule has 1 aliphatic rings. The number of carbonyl (C=O) groups excluding carboxylic acids is 2. The van der Waals surface area contributed by atoms with Crippen LogP contribution in [0.2, 0.25) is 0 Å². The lowest BCUT2D eigenvalue weighted by molar-refractivity contribution is -0.145. The third-order valence-electron chi connectivity index (χ3n) is 7.79. The summed E-state index contributed by atoms with van der Waals surface area (Å²) in [5.41, 5.74) is 0.00257. The summed E-state index contributed by atoms with van der Waals surface area (Å²) in [4.78, 5) is 45.3. The molecule has 2 amide bonds. The summed E-state index contributed by atoms with van der Waals surface area (Å²) in [6.45, 7) is 13.9. The number of rotatable bonds is 18. The Labute approximate surface area is 244 Å². The van der Waals surface area contributed by atoms with E-state index in [2.05, 4.69) is 31.1 Å². The number of aromatic nitrogens is 1. The van der Waals surface area contributed by atoms with Gasteiger partial charge in [-0.1, -0.05) is 60.3 Å². The highest BCUT2D eigenvalue weighted by atomic mass is 32.1. The topological polar surface area (TPSA) is 118 Å². The molecule has 0 aliphatic carbocycles. The zero-order valence-corrected chi connectivity index (χ0v) is 26.1. The highest BCUT2D eigenvalue weighted by Crippen LogP contribution is 2.31. The van der Waals surface area contributed by atoms with Crippen molar-refractivity contribution in [3.8, 4) is 0 Å². The number of carboxylic acids is 1. The Kier molecular flexibility index (Phi) is 15.1. The van der Waals surface area contributed by atoms with E-state index in [-0.39, 0.29) is 35.4 Å². The van der Waals surface area contributed by atoms with Gasteiger partial charge in [-0.2, -0.15) is 0 Å². The molecule has 1 aromatic rings. The van der Waals surface area contributed by atoms with Crippen LogP contribution in [0, 0.1) is 11.8 Å². The predicted molar refractivity (Wildman–Crippen MR) is 158 cm³/mol. The van der Waals surface area contributed by atoms with Gasteiger partial charge in [0.2, 0.25) is 11.8 Å². The van der Waals surface area contributed by atoms with Gasteiger partial charge in [-0.05, 0) is 44.4 Å². The highest BCUT2D eigenvalue weighted by molar-refractivity contribution is 7.09. The minimum Gasteiger partial charge on any atom is -0.476 e. The van der Waals surface area contributed by atoms with Crippen LogP contribution in [0.4, 0.5) is 0 Å². The number of hydrogen-bond acceptors (Lipinski definition) is 7.